The van der Waals surface area contributed by atoms with Gasteiger partial charge in [0.05, 0.1) is 10.0 Å². The van der Waals surface area contributed by atoms with Crippen molar-refractivity contribution in [1.82, 2.24) is 16.0 Å². The number of hydrogen-bond acceptors (Lipinski definition) is 5. The molecule has 1 aliphatic rings. The number of phenols is 1. The molecule has 0 amide bonds. The molecule has 3 rings (SSSR count). The van der Waals surface area contributed by atoms with Crippen LogP contribution in [-0.4, -0.2) is 26.2 Å². The van der Waals surface area contributed by atoms with E-state index >= 15 is 0 Å². The molecule has 0 aliphatic carbocycles. The van der Waals surface area contributed by atoms with Gasteiger partial charge >= 0.3 is 0 Å². The molecule has 0 bridgehead atoms. The predicted octanol–water partition coefficient (Wildman–Crippen LogP) is 2.60. The van der Waals surface area contributed by atoms with Crippen molar-refractivity contribution in [2.24, 2.45) is 0 Å². The van der Waals surface area contributed by atoms with E-state index in [9.17, 15) is 5.11 Å². The van der Waals surface area contributed by atoms with Gasteiger partial charge in [0.1, 0.15) is 17.2 Å². The lowest BCUT2D eigenvalue weighted by Gasteiger charge is -2.48. The topological polar surface area (TPSA) is 65.5 Å². The maximum Gasteiger partial charge on any atom is 0.194 e. The van der Waals surface area contributed by atoms with Gasteiger partial charge in [0.2, 0.25) is 0 Å². The van der Waals surface area contributed by atoms with Crippen LogP contribution < -0.4 is 20.7 Å². The third kappa shape index (κ3) is 2.50. The summed E-state index contributed by atoms with van der Waals surface area (Å²) >= 11 is 3.40. The number of rotatable bonds is 4. The number of hydrogen-bond donors (Lipinski definition) is 4. The summed E-state index contributed by atoms with van der Waals surface area (Å²) in [7, 11) is 5.67. The van der Waals surface area contributed by atoms with Crippen LogP contribution in [0, 0.1) is 0 Å². The molecule has 2 aromatic carbocycles. The van der Waals surface area contributed by atoms with Gasteiger partial charge < -0.3 is 9.84 Å². The maximum atomic E-state index is 10.6. The summed E-state index contributed by atoms with van der Waals surface area (Å²) in [5.41, 5.74) is 0.347. The highest BCUT2D eigenvalue weighted by Crippen LogP contribution is 2.47. The molecule has 0 radical (unpaired) electrons. The predicted molar refractivity (Wildman–Crippen MR) is 98.0 cm³/mol. The van der Waals surface area contributed by atoms with Crippen LogP contribution in [0.4, 0.5) is 0 Å². The standard InChI is InChI=1S/C18H22BrN3O2/c1-20-17(21-2)11-18(22-3,13-8-6-9-14(19)16(13)23)24-15-10-5-4-7-12(15)17/h4-10,20-23H,11H2,1-3H3. The van der Waals surface area contributed by atoms with Crippen molar-refractivity contribution in [1.29, 1.82) is 0 Å². The van der Waals surface area contributed by atoms with Crippen LogP contribution in [0.3, 0.4) is 0 Å². The zero-order valence-corrected chi connectivity index (χ0v) is 15.6. The van der Waals surface area contributed by atoms with E-state index in [0.717, 1.165) is 11.3 Å². The Hall–Kier alpha value is -1.60. The van der Waals surface area contributed by atoms with Crippen molar-refractivity contribution < 1.29 is 9.84 Å². The summed E-state index contributed by atoms with van der Waals surface area (Å²) in [6.45, 7) is 0. The molecule has 0 saturated heterocycles. The molecular formula is C18H22BrN3O2. The third-order valence-electron chi connectivity index (χ3n) is 4.82. The number of para-hydroxylation sites is 2. The molecule has 6 heteroatoms. The lowest BCUT2D eigenvalue weighted by molar-refractivity contribution is -0.0330. The first kappa shape index (κ1) is 17.2. The van der Waals surface area contributed by atoms with Crippen molar-refractivity contribution >= 4 is 15.9 Å². The van der Waals surface area contributed by atoms with E-state index in [0.29, 0.717) is 16.5 Å². The Bertz CT molecular complexity index is 749. The summed E-state index contributed by atoms with van der Waals surface area (Å²) in [5, 5.41) is 20.7. The number of aromatic hydroxyl groups is 1. The van der Waals surface area contributed by atoms with Crippen LogP contribution in [0.25, 0.3) is 0 Å². The van der Waals surface area contributed by atoms with E-state index in [1.807, 2.05) is 63.6 Å². The van der Waals surface area contributed by atoms with Gasteiger partial charge in [0.25, 0.3) is 0 Å². The Labute approximate surface area is 150 Å². The van der Waals surface area contributed by atoms with Gasteiger partial charge in [-0.05, 0) is 55.3 Å². The molecule has 0 aromatic heterocycles. The van der Waals surface area contributed by atoms with Crippen molar-refractivity contribution in [2.45, 2.75) is 17.8 Å². The Balaban J connectivity index is 2.22. The van der Waals surface area contributed by atoms with Crippen LogP contribution >= 0.6 is 15.9 Å². The highest BCUT2D eigenvalue weighted by atomic mass is 79.9. The van der Waals surface area contributed by atoms with Gasteiger partial charge in [0, 0.05) is 12.0 Å². The Morgan fingerprint density at radius 1 is 0.958 bits per heavy atom. The van der Waals surface area contributed by atoms with E-state index in [1.165, 1.54) is 0 Å². The molecule has 1 atom stereocenters. The van der Waals surface area contributed by atoms with Gasteiger partial charge in [0.15, 0.2) is 5.72 Å². The average Bonchev–Trinajstić information content (AvgIpc) is 2.63. The molecule has 1 aliphatic heterocycles. The van der Waals surface area contributed by atoms with Gasteiger partial charge in [-0.1, -0.05) is 24.3 Å². The molecular weight excluding hydrogens is 370 g/mol. The molecule has 24 heavy (non-hydrogen) atoms. The highest BCUT2D eigenvalue weighted by molar-refractivity contribution is 9.10. The SMILES string of the molecule is CNC1(NC)CC(NC)(c2cccc(Br)c2O)Oc2ccccc21. The molecule has 5 nitrogen and oxygen atoms in total. The maximum absolute atomic E-state index is 10.6. The number of nitrogens with one attached hydrogen (secondary N) is 3. The fourth-order valence-corrected chi connectivity index (χ4v) is 3.80. The van der Waals surface area contributed by atoms with Crippen LogP contribution in [0.15, 0.2) is 46.9 Å². The van der Waals surface area contributed by atoms with E-state index in [1.54, 1.807) is 0 Å². The number of fused-ring (bicyclic) bond motifs is 1. The minimum absolute atomic E-state index is 0.173. The second-order valence-corrected chi connectivity index (χ2v) is 6.75. The number of benzene rings is 2. The zero-order chi connectivity index (χ0) is 17.4. The summed E-state index contributed by atoms with van der Waals surface area (Å²) in [6, 6.07) is 13.5. The fourth-order valence-electron chi connectivity index (χ4n) is 3.44. The van der Waals surface area contributed by atoms with Gasteiger partial charge in [-0.2, -0.15) is 0 Å². The molecule has 0 fully saturated rings. The van der Waals surface area contributed by atoms with Crippen LogP contribution in [0.5, 0.6) is 11.5 Å². The summed E-state index contributed by atoms with van der Waals surface area (Å²) in [6.07, 6.45) is 0.546. The van der Waals surface area contributed by atoms with Gasteiger partial charge in [-0.25, -0.2) is 0 Å². The molecule has 1 heterocycles. The van der Waals surface area contributed by atoms with Crippen LogP contribution in [0.1, 0.15) is 17.5 Å². The third-order valence-corrected chi connectivity index (χ3v) is 5.46. The molecule has 0 saturated carbocycles. The highest BCUT2D eigenvalue weighted by Gasteiger charge is 2.50. The normalized spacial score (nSPS) is 21.8. The van der Waals surface area contributed by atoms with Gasteiger partial charge in [-0.3, -0.25) is 16.0 Å². The van der Waals surface area contributed by atoms with Crippen LogP contribution in [0.2, 0.25) is 0 Å². The number of halogens is 1. The Morgan fingerprint density at radius 3 is 2.29 bits per heavy atom. The largest absolute Gasteiger partial charge is 0.506 e. The number of ether oxygens (including phenoxy) is 1. The molecule has 128 valence electrons. The van der Waals surface area contributed by atoms with Crippen LogP contribution in [-0.2, 0) is 11.4 Å². The Morgan fingerprint density at radius 2 is 1.62 bits per heavy atom. The van der Waals surface area contributed by atoms with Crippen molar-refractivity contribution in [3.63, 3.8) is 0 Å². The summed E-state index contributed by atoms with van der Waals surface area (Å²) < 4.78 is 7.01. The minimum Gasteiger partial charge on any atom is -0.506 e. The lowest BCUT2D eigenvalue weighted by Crippen LogP contribution is -2.62. The van der Waals surface area contributed by atoms with E-state index < -0.39 is 11.4 Å². The average molecular weight is 392 g/mol. The number of phenolic OH excluding ortho intramolecular Hbond substituents is 1. The lowest BCUT2D eigenvalue weighted by atomic mass is 9.83. The zero-order valence-electron chi connectivity index (χ0n) is 14.0. The van der Waals surface area contributed by atoms with Gasteiger partial charge in [-0.15, -0.1) is 0 Å². The van der Waals surface area contributed by atoms with Crippen molar-refractivity contribution in [3.8, 4) is 11.5 Å². The van der Waals surface area contributed by atoms with Crippen molar-refractivity contribution in [3.05, 3.63) is 58.1 Å². The molecule has 2 aromatic rings. The summed E-state index contributed by atoms with van der Waals surface area (Å²) in [5.74, 6) is 0.938. The first-order chi connectivity index (χ1) is 11.5. The fraction of sp³-hybridized carbons (Fsp3) is 0.333. The van der Waals surface area contributed by atoms with E-state index in [-0.39, 0.29) is 5.75 Å². The van der Waals surface area contributed by atoms with E-state index in [2.05, 4.69) is 31.9 Å². The second kappa shape index (κ2) is 6.37. The monoisotopic (exact) mass is 391 g/mol. The molecule has 1 unspecified atom stereocenters. The minimum atomic E-state index is -0.881. The first-order valence-electron chi connectivity index (χ1n) is 7.85. The molecule has 0 spiro atoms. The smallest absolute Gasteiger partial charge is 0.194 e. The first-order valence-corrected chi connectivity index (χ1v) is 8.64. The van der Waals surface area contributed by atoms with E-state index in [4.69, 9.17) is 4.74 Å². The van der Waals surface area contributed by atoms with Crippen molar-refractivity contribution in [2.75, 3.05) is 21.1 Å². The molecule has 4 N–H and O–H groups in total. The quantitative estimate of drug-likeness (QED) is 0.603. The Kier molecular flexibility index (Phi) is 4.57. The summed E-state index contributed by atoms with van der Waals surface area (Å²) in [4.78, 5) is 0. The second-order valence-electron chi connectivity index (χ2n) is 5.89.